The normalized spacial score (nSPS) is 21.7. The highest BCUT2D eigenvalue weighted by Crippen LogP contribution is 2.36. The van der Waals surface area contributed by atoms with Gasteiger partial charge in [0.05, 0.1) is 17.1 Å². The van der Waals surface area contributed by atoms with Crippen molar-refractivity contribution in [3.63, 3.8) is 0 Å². The second kappa shape index (κ2) is 8.94. The average molecular weight is 397 g/mol. The largest absolute Gasteiger partial charge is 0.456 e. The molecule has 1 aliphatic rings. The van der Waals surface area contributed by atoms with Crippen molar-refractivity contribution in [2.45, 2.75) is 26.7 Å². The summed E-state index contributed by atoms with van der Waals surface area (Å²) in [6.45, 7) is 2.73. The van der Waals surface area contributed by atoms with Crippen LogP contribution in [-0.2, 0) is 19.1 Å². The average Bonchev–Trinajstić information content (AvgIpc) is 2.82. The number of rotatable bonds is 7. The minimum absolute atomic E-state index is 0.160. The molecule has 1 aliphatic carbocycles. The number of halogens is 1. The van der Waals surface area contributed by atoms with Gasteiger partial charge in [-0.05, 0) is 30.5 Å². The van der Waals surface area contributed by atoms with Crippen LogP contribution in [0.1, 0.15) is 25.3 Å². The Balaban J connectivity index is 1.86. The summed E-state index contributed by atoms with van der Waals surface area (Å²) >= 11 is 6.02. The fourth-order valence-electron chi connectivity index (χ4n) is 3.29. The van der Waals surface area contributed by atoms with Gasteiger partial charge in [-0.3, -0.25) is 24.5 Å². The molecule has 0 spiro atoms. The topological polar surface area (TPSA) is 116 Å². The van der Waals surface area contributed by atoms with Crippen molar-refractivity contribution in [2.75, 3.05) is 18.5 Å². The highest BCUT2D eigenvalue weighted by Gasteiger charge is 2.44. The van der Waals surface area contributed by atoms with Gasteiger partial charge in [0.1, 0.15) is 5.78 Å². The van der Waals surface area contributed by atoms with Crippen LogP contribution < -0.4 is 5.32 Å². The first kappa shape index (κ1) is 20.8. The molecule has 1 fully saturated rings. The maximum atomic E-state index is 12.0. The predicted octanol–water partition coefficient (Wildman–Crippen LogP) is 2.64. The summed E-state index contributed by atoms with van der Waals surface area (Å²) in [4.78, 5) is 46.3. The van der Waals surface area contributed by atoms with E-state index in [1.807, 2.05) is 6.92 Å². The summed E-state index contributed by atoms with van der Waals surface area (Å²) in [5, 5.41) is 13.7. The maximum Gasteiger partial charge on any atom is 0.307 e. The number of ketones is 1. The molecule has 0 aliphatic heterocycles. The number of nitro groups is 1. The van der Waals surface area contributed by atoms with Crippen molar-refractivity contribution in [1.82, 2.24) is 0 Å². The van der Waals surface area contributed by atoms with Crippen LogP contribution in [-0.4, -0.2) is 35.7 Å². The van der Waals surface area contributed by atoms with Crippen LogP contribution in [0.5, 0.6) is 0 Å². The highest BCUT2D eigenvalue weighted by atomic mass is 35.5. The van der Waals surface area contributed by atoms with Crippen LogP contribution in [0, 0.1) is 34.8 Å². The molecule has 3 atom stereocenters. The Morgan fingerprint density at radius 1 is 1.41 bits per heavy atom. The Morgan fingerprint density at radius 2 is 2.11 bits per heavy atom. The van der Waals surface area contributed by atoms with Crippen LogP contribution in [0.3, 0.4) is 0 Å². The molecule has 0 heterocycles. The number of hydrogen-bond donors (Lipinski definition) is 1. The molecule has 0 bridgehead atoms. The highest BCUT2D eigenvalue weighted by molar-refractivity contribution is 6.33. The lowest BCUT2D eigenvalue weighted by molar-refractivity contribution is -0.490. The van der Waals surface area contributed by atoms with Crippen LogP contribution in [0.25, 0.3) is 0 Å². The Hall–Kier alpha value is -2.48. The molecule has 0 aromatic heterocycles. The monoisotopic (exact) mass is 396 g/mol. The number of ether oxygens (including phenoxy) is 1. The third-order valence-corrected chi connectivity index (χ3v) is 5.01. The predicted molar refractivity (Wildman–Crippen MR) is 98.0 cm³/mol. The molecular formula is C18H21ClN2O6. The van der Waals surface area contributed by atoms with Crippen molar-refractivity contribution < 1.29 is 24.0 Å². The first-order chi connectivity index (χ1) is 12.7. The zero-order valence-electron chi connectivity index (χ0n) is 15.1. The van der Waals surface area contributed by atoms with Crippen molar-refractivity contribution >= 4 is 34.9 Å². The van der Waals surface area contributed by atoms with Crippen LogP contribution >= 0.6 is 11.6 Å². The Kier molecular flexibility index (Phi) is 6.90. The van der Waals surface area contributed by atoms with E-state index in [0.717, 1.165) is 5.56 Å². The van der Waals surface area contributed by atoms with Crippen molar-refractivity contribution in [3.8, 4) is 0 Å². The molecule has 1 amide bonds. The van der Waals surface area contributed by atoms with E-state index in [-0.39, 0.29) is 31.1 Å². The van der Waals surface area contributed by atoms with Gasteiger partial charge in [-0.2, -0.15) is 0 Å². The SMILES string of the molecule is Cc1ccc(NC(=O)COC(=O)C[C@@H]2C(=O)C[C@@H](C)[C@H]2C[N+](=O)[O-])c(Cl)c1. The van der Waals surface area contributed by atoms with E-state index in [0.29, 0.717) is 10.7 Å². The van der Waals surface area contributed by atoms with Gasteiger partial charge in [-0.15, -0.1) is 0 Å². The molecule has 1 saturated carbocycles. The molecule has 2 rings (SSSR count). The van der Waals surface area contributed by atoms with E-state index in [2.05, 4.69) is 5.32 Å². The number of amides is 1. The number of hydrogen-bond acceptors (Lipinski definition) is 6. The minimum atomic E-state index is -0.743. The van der Waals surface area contributed by atoms with Gasteiger partial charge in [0.15, 0.2) is 6.61 Å². The molecular weight excluding hydrogens is 376 g/mol. The number of aryl methyl sites for hydroxylation is 1. The smallest absolute Gasteiger partial charge is 0.307 e. The van der Waals surface area contributed by atoms with Gasteiger partial charge >= 0.3 is 5.97 Å². The fraction of sp³-hybridized carbons (Fsp3) is 0.500. The van der Waals surface area contributed by atoms with E-state index in [1.54, 1.807) is 25.1 Å². The quantitative estimate of drug-likeness (QED) is 0.430. The summed E-state index contributed by atoms with van der Waals surface area (Å²) in [6.07, 6.45) is -0.0525. The third-order valence-electron chi connectivity index (χ3n) is 4.69. The van der Waals surface area contributed by atoms with E-state index in [4.69, 9.17) is 16.3 Å². The van der Waals surface area contributed by atoms with E-state index < -0.39 is 35.2 Å². The van der Waals surface area contributed by atoms with Crippen molar-refractivity contribution in [1.29, 1.82) is 0 Å². The minimum Gasteiger partial charge on any atom is -0.456 e. The zero-order valence-corrected chi connectivity index (χ0v) is 15.8. The third kappa shape index (κ3) is 5.75. The summed E-state index contributed by atoms with van der Waals surface area (Å²) in [5.41, 5.74) is 1.33. The molecule has 0 saturated heterocycles. The lowest BCUT2D eigenvalue weighted by Gasteiger charge is -2.17. The number of anilines is 1. The summed E-state index contributed by atoms with van der Waals surface area (Å²) in [5.74, 6) is -2.88. The van der Waals surface area contributed by atoms with Gasteiger partial charge in [0.25, 0.3) is 5.91 Å². The van der Waals surface area contributed by atoms with E-state index in [9.17, 15) is 24.5 Å². The lowest BCUT2D eigenvalue weighted by atomic mass is 9.88. The molecule has 146 valence electrons. The van der Waals surface area contributed by atoms with Crippen LogP contribution in [0.4, 0.5) is 5.69 Å². The number of carbonyl (C=O) groups excluding carboxylic acids is 3. The standard InChI is InChI=1S/C18H21ClN2O6/c1-10-3-4-15(14(19)5-10)20-17(23)9-27-18(24)7-12-13(8-21(25)26)11(2)6-16(12)22/h3-5,11-13H,6-9H2,1-2H3,(H,20,23)/t11-,12+,13-/m1/s1. The van der Waals surface area contributed by atoms with E-state index in [1.165, 1.54) is 0 Å². The molecule has 8 nitrogen and oxygen atoms in total. The molecule has 1 aromatic carbocycles. The zero-order chi connectivity index (χ0) is 20.1. The summed E-state index contributed by atoms with van der Waals surface area (Å²) in [7, 11) is 0. The fourth-order valence-corrected chi connectivity index (χ4v) is 3.57. The molecule has 1 N–H and O–H groups in total. The lowest BCUT2D eigenvalue weighted by Crippen LogP contribution is -2.28. The number of carbonyl (C=O) groups is 3. The first-order valence-electron chi connectivity index (χ1n) is 8.53. The number of Topliss-reactive ketones (excluding diaryl/α,β-unsaturated/α-hetero) is 1. The maximum absolute atomic E-state index is 12.0. The molecule has 1 aromatic rings. The van der Waals surface area contributed by atoms with E-state index >= 15 is 0 Å². The van der Waals surface area contributed by atoms with Gasteiger partial charge in [-0.1, -0.05) is 24.6 Å². The van der Waals surface area contributed by atoms with Crippen molar-refractivity contribution in [2.24, 2.45) is 17.8 Å². The second-order valence-corrected chi connectivity index (χ2v) is 7.24. The Morgan fingerprint density at radius 3 is 2.74 bits per heavy atom. The Labute approximate surface area is 161 Å². The van der Waals surface area contributed by atoms with Gasteiger partial charge in [-0.25, -0.2) is 0 Å². The molecule has 0 unspecified atom stereocenters. The molecule has 9 heteroatoms. The summed E-state index contributed by atoms with van der Waals surface area (Å²) in [6, 6.07) is 5.10. The second-order valence-electron chi connectivity index (χ2n) is 6.83. The molecule has 27 heavy (non-hydrogen) atoms. The first-order valence-corrected chi connectivity index (χ1v) is 8.91. The number of esters is 1. The van der Waals surface area contributed by atoms with Crippen LogP contribution in [0.15, 0.2) is 18.2 Å². The number of benzene rings is 1. The van der Waals surface area contributed by atoms with Gasteiger partial charge in [0.2, 0.25) is 6.54 Å². The molecule has 0 radical (unpaired) electrons. The number of nitrogens with zero attached hydrogens (tertiary/aromatic N) is 1. The summed E-state index contributed by atoms with van der Waals surface area (Å²) < 4.78 is 4.92. The van der Waals surface area contributed by atoms with Crippen LogP contribution in [0.2, 0.25) is 5.02 Å². The van der Waals surface area contributed by atoms with Gasteiger partial charge in [0, 0.05) is 23.2 Å². The van der Waals surface area contributed by atoms with Crippen molar-refractivity contribution in [3.05, 3.63) is 38.9 Å². The van der Waals surface area contributed by atoms with Gasteiger partial charge < -0.3 is 10.1 Å². The Bertz CT molecular complexity index is 766. The number of nitrogens with one attached hydrogen (secondary N) is 1.